The van der Waals surface area contributed by atoms with Crippen LogP contribution in [0.1, 0.15) is 10.4 Å². The van der Waals surface area contributed by atoms with E-state index in [4.69, 9.17) is 0 Å². The number of carbonyl (C=O) groups is 1. The van der Waals surface area contributed by atoms with Gasteiger partial charge in [-0.3, -0.25) is 0 Å². The Morgan fingerprint density at radius 1 is 1.54 bits per heavy atom. The molecule has 2 aromatic rings. The summed E-state index contributed by atoms with van der Waals surface area (Å²) in [4.78, 5) is 18.4. The molecular formula is C8H6N3O2-. The Morgan fingerprint density at radius 3 is 3.00 bits per heavy atom. The van der Waals surface area contributed by atoms with Crippen molar-refractivity contribution < 1.29 is 9.90 Å². The SMILES string of the molecule is Cn1cnc2cc(C(=O)[O-])cnc21. The summed E-state index contributed by atoms with van der Waals surface area (Å²) in [5.74, 6) is -1.24. The second kappa shape index (κ2) is 2.55. The summed E-state index contributed by atoms with van der Waals surface area (Å²) in [7, 11) is 1.79. The molecule has 5 heteroatoms. The normalized spacial score (nSPS) is 10.5. The largest absolute Gasteiger partial charge is 0.545 e. The molecule has 0 unspecified atom stereocenters. The van der Waals surface area contributed by atoms with Gasteiger partial charge in [-0.2, -0.15) is 0 Å². The first-order chi connectivity index (χ1) is 6.18. The fourth-order valence-electron chi connectivity index (χ4n) is 1.13. The Labute approximate surface area is 73.7 Å². The first-order valence-electron chi connectivity index (χ1n) is 3.67. The lowest BCUT2D eigenvalue weighted by molar-refractivity contribution is -0.255. The maximum atomic E-state index is 10.5. The maximum absolute atomic E-state index is 10.5. The minimum absolute atomic E-state index is 0.0474. The topological polar surface area (TPSA) is 70.8 Å². The van der Waals surface area contributed by atoms with Crippen LogP contribution in [0.15, 0.2) is 18.6 Å². The van der Waals surface area contributed by atoms with Crippen LogP contribution in [0.25, 0.3) is 11.2 Å². The lowest BCUT2D eigenvalue weighted by Crippen LogP contribution is -2.22. The number of fused-ring (bicyclic) bond motifs is 1. The highest BCUT2D eigenvalue weighted by molar-refractivity contribution is 5.89. The zero-order valence-corrected chi connectivity index (χ0v) is 6.89. The predicted molar refractivity (Wildman–Crippen MR) is 42.8 cm³/mol. The number of aromatic nitrogens is 3. The van der Waals surface area contributed by atoms with Crippen molar-refractivity contribution in [2.24, 2.45) is 7.05 Å². The molecule has 2 rings (SSSR count). The third-order valence-electron chi connectivity index (χ3n) is 1.79. The Kier molecular flexibility index (Phi) is 1.51. The van der Waals surface area contributed by atoms with Crippen LogP contribution in [0.3, 0.4) is 0 Å². The van der Waals surface area contributed by atoms with Crippen molar-refractivity contribution in [3.05, 3.63) is 24.2 Å². The quantitative estimate of drug-likeness (QED) is 0.577. The molecular weight excluding hydrogens is 170 g/mol. The van der Waals surface area contributed by atoms with Gasteiger partial charge in [0, 0.05) is 18.8 Å². The van der Waals surface area contributed by atoms with Crippen molar-refractivity contribution >= 4 is 17.1 Å². The van der Waals surface area contributed by atoms with Crippen LogP contribution in [-0.4, -0.2) is 20.5 Å². The van der Waals surface area contributed by atoms with E-state index in [0.29, 0.717) is 11.2 Å². The molecule has 2 aromatic heterocycles. The van der Waals surface area contributed by atoms with Crippen molar-refractivity contribution in [2.75, 3.05) is 0 Å². The average molecular weight is 176 g/mol. The Morgan fingerprint density at radius 2 is 2.31 bits per heavy atom. The van der Waals surface area contributed by atoms with E-state index in [0.717, 1.165) is 0 Å². The molecule has 0 aromatic carbocycles. The Balaban J connectivity index is 2.70. The minimum atomic E-state index is -1.24. The fraction of sp³-hybridized carbons (Fsp3) is 0.125. The zero-order valence-electron chi connectivity index (χ0n) is 6.89. The summed E-state index contributed by atoms with van der Waals surface area (Å²) < 4.78 is 1.72. The molecule has 0 atom stereocenters. The minimum Gasteiger partial charge on any atom is -0.545 e. The van der Waals surface area contributed by atoms with Crippen molar-refractivity contribution in [1.29, 1.82) is 0 Å². The third-order valence-corrected chi connectivity index (χ3v) is 1.79. The molecule has 0 aliphatic heterocycles. The molecule has 66 valence electrons. The molecule has 0 radical (unpaired) electrons. The average Bonchev–Trinajstić information content (AvgIpc) is 2.47. The van der Waals surface area contributed by atoms with E-state index in [1.165, 1.54) is 12.3 Å². The van der Waals surface area contributed by atoms with Crippen molar-refractivity contribution in [3.63, 3.8) is 0 Å². The lowest BCUT2D eigenvalue weighted by Gasteiger charge is -2.00. The molecule has 13 heavy (non-hydrogen) atoms. The number of aromatic carboxylic acids is 1. The molecule has 0 fully saturated rings. The number of pyridine rings is 1. The molecule has 0 amide bonds. The maximum Gasteiger partial charge on any atom is 0.159 e. The van der Waals surface area contributed by atoms with Crippen molar-refractivity contribution in [3.8, 4) is 0 Å². The number of hydrogen-bond acceptors (Lipinski definition) is 4. The van der Waals surface area contributed by atoms with Crippen molar-refractivity contribution in [2.45, 2.75) is 0 Å². The van der Waals surface area contributed by atoms with Crippen LogP contribution in [0, 0.1) is 0 Å². The van der Waals surface area contributed by atoms with Crippen LogP contribution in [0.5, 0.6) is 0 Å². The van der Waals surface area contributed by atoms with Crippen LogP contribution in [0.2, 0.25) is 0 Å². The summed E-state index contributed by atoms with van der Waals surface area (Å²) in [6.07, 6.45) is 2.84. The van der Waals surface area contributed by atoms with Gasteiger partial charge in [0.05, 0.1) is 12.3 Å². The number of carboxylic acids is 1. The van der Waals surface area contributed by atoms with Crippen LogP contribution in [-0.2, 0) is 7.05 Å². The zero-order chi connectivity index (χ0) is 9.42. The first-order valence-corrected chi connectivity index (χ1v) is 3.67. The third kappa shape index (κ3) is 1.14. The van der Waals surface area contributed by atoms with Gasteiger partial charge >= 0.3 is 0 Å². The van der Waals surface area contributed by atoms with Gasteiger partial charge in [-0.05, 0) is 6.07 Å². The number of carboxylic acid groups (broad SMARTS) is 1. The number of rotatable bonds is 1. The van der Waals surface area contributed by atoms with E-state index in [-0.39, 0.29) is 5.56 Å². The van der Waals surface area contributed by atoms with E-state index >= 15 is 0 Å². The highest BCUT2D eigenvalue weighted by atomic mass is 16.4. The highest BCUT2D eigenvalue weighted by Gasteiger charge is 2.02. The van der Waals surface area contributed by atoms with E-state index in [1.807, 2.05) is 0 Å². The monoisotopic (exact) mass is 176 g/mol. The Hall–Kier alpha value is -1.91. The molecule has 0 N–H and O–H groups in total. The fourth-order valence-corrected chi connectivity index (χ4v) is 1.13. The number of carbonyl (C=O) groups excluding carboxylic acids is 1. The van der Waals surface area contributed by atoms with Gasteiger partial charge in [0.1, 0.15) is 5.52 Å². The molecule has 0 spiro atoms. The lowest BCUT2D eigenvalue weighted by atomic mass is 10.3. The van der Waals surface area contributed by atoms with Crippen molar-refractivity contribution in [1.82, 2.24) is 14.5 Å². The molecule has 0 aliphatic rings. The van der Waals surface area contributed by atoms with Crippen LogP contribution >= 0.6 is 0 Å². The summed E-state index contributed by atoms with van der Waals surface area (Å²) in [5, 5.41) is 10.5. The van der Waals surface area contributed by atoms with E-state index in [9.17, 15) is 9.90 Å². The number of nitrogens with zero attached hydrogens (tertiary/aromatic N) is 3. The second-order valence-corrected chi connectivity index (χ2v) is 2.71. The van der Waals surface area contributed by atoms with Gasteiger partial charge in [-0.25, -0.2) is 9.97 Å². The predicted octanol–water partition coefficient (Wildman–Crippen LogP) is -0.668. The summed E-state index contributed by atoms with van der Waals surface area (Å²) in [5.41, 5.74) is 1.26. The number of hydrogen-bond donors (Lipinski definition) is 0. The van der Waals surface area contributed by atoms with E-state index in [2.05, 4.69) is 9.97 Å². The van der Waals surface area contributed by atoms with Crippen LogP contribution in [0.4, 0.5) is 0 Å². The summed E-state index contributed by atoms with van der Waals surface area (Å²) >= 11 is 0. The molecule has 0 saturated carbocycles. The molecule has 0 saturated heterocycles. The van der Waals surface area contributed by atoms with Gasteiger partial charge < -0.3 is 14.5 Å². The van der Waals surface area contributed by atoms with Gasteiger partial charge in [-0.1, -0.05) is 0 Å². The molecule has 5 nitrogen and oxygen atoms in total. The van der Waals surface area contributed by atoms with Gasteiger partial charge in [0.2, 0.25) is 0 Å². The van der Waals surface area contributed by atoms with Gasteiger partial charge in [0.25, 0.3) is 0 Å². The number of aryl methyl sites for hydroxylation is 1. The van der Waals surface area contributed by atoms with E-state index < -0.39 is 5.97 Å². The smallest absolute Gasteiger partial charge is 0.159 e. The first kappa shape index (κ1) is 7.72. The highest BCUT2D eigenvalue weighted by Crippen LogP contribution is 2.09. The Bertz CT molecular complexity index is 475. The van der Waals surface area contributed by atoms with Crippen LogP contribution < -0.4 is 5.11 Å². The molecule has 0 bridgehead atoms. The standard InChI is InChI=1S/C8H7N3O2/c1-11-4-10-6-2-5(8(12)13)3-9-7(6)11/h2-4H,1H3,(H,12,13)/p-1. The molecule has 2 heterocycles. The van der Waals surface area contributed by atoms with Gasteiger partial charge in [-0.15, -0.1) is 0 Å². The summed E-state index contributed by atoms with van der Waals surface area (Å²) in [6, 6.07) is 1.44. The molecule has 0 aliphatic carbocycles. The van der Waals surface area contributed by atoms with Gasteiger partial charge in [0.15, 0.2) is 5.65 Å². The summed E-state index contributed by atoms with van der Waals surface area (Å²) in [6.45, 7) is 0. The van der Waals surface area contributed by atoms with E-state index in [1.54, 1.807) is 17.9 Å². The second-order valence-electron chi connectivity index (χ2n) is 2.71. The number of imidazole rings is 1.